The third-order valence-electron chi connectivity index (χ3n) is 4.23. The minimum absolute atomic E-state index is 0.349. The number of hydrazine groups is 1. The standard InChI is InChI=1S/C19H14FN3O2S/c1-10-13-8-11(20)6-7-16(13)26-17(10)19(25)23-22-18(24)14-9-21-15-5-3-2-4-12(14)15/h2-9,21H,1H3,(H,22,24)(H,23,25). The topological polar surface area (TPSA) is 74.0 Å². The molecule has 4 rings (SSSR count). The van der Waals surface area contributed by atoms with Crippen LogP contribution in [-0.4, -0.2) is 16.8 Å². The predicted octanol–water partition coefficient (Wildman–Crippen LogP) is 3.90. The molecule has 0 atom stereocenters. The summed E-state index contributed by atoms with van der Waals surface area (Å²) in [7, 11) is 0. The van der Waals surface area contributed by atoms with Crippen LogP contribution in [0.25, 0.3) is 21.0 Å². The van der Waals surface area contributed by atoms with Crippen LogP contribution in [0, 0.1) is 12.7 Å². The van der Waals surface area contributed by atoms with Crippen molar-refractivity contribution in [2.45, 2.75) is 6.92 Å². The quantitative estimate of drug-likeness (QED) is 0.470. The molecule has 0 aliphatic heterocycles. The van der Waals surface area contributed by atoms with Crippen LogP contribution >= 0.6 is 11.3 Å². The van der Waals surface area contributed by atoms with Gasteiger partial charge in [0.2, 0.25) is 0 Å². The first-order chi connectivity index (χ1) is 12.5. The molecule has 26 heavy (non-hydrogen) atoms. The Kier molecular flexibility index (Phi) is 3.93. The third kappa shape index (κ3) is 2.72. The summed E-state index contributed by atoms with van der Waals surface area (Å²) in [6.45, 7) is 1.76. The maximum atomic E-state index is 13.4. The monoisotopic (exact) mass is 367 g/mol. The number of nitrogens with one attached hydrogen (secondary N) is 3. The van der Waals surface area contributed by atoms with Crippen molar-refractivity contribution in [2.75, 3.05) is 0 Å². The van der Waals surface area contributed by atoms with E-state index in [0.29, 0.717) is 21.4 Å². The number of hydrogen-bond donors (Lipinski definition) is 3. The Morgan fingerprint density at radius 3 is 2.65 bits per heavy atom. The van der Waals surface area contributed by atoms with Gasteiger partial charge in [0.15, 0.2) is 0 Å². The van der Waals surface area contributed by atoms with Crippen molar-refractivity contribution in [3.63, 3.8) is 0 Å². The Hall–Kier alpha value is -3.19. The summed E-state index contributed by atoms with van der Waals surface area (Å²) in [4.78, 5) is 28.3. The number of H-pyrrole nitrogens is 1. The first-order valence-electron chi connectivity index (χ1n) is 7.90. The van der Waals surface area contributed by atoms with Gasteiger partial charge in [-0.2, -0.15) is 0 Å². The molecule has 0 saturated heterocycles. The molecule has 5 nitrogen and oxygen atoms in total. The van der Waals surface area contributed by atoms with Gasteiger partial charge in [-0.15, -0.1) is 11.3 Å². The molecule has 2 aromatic heterocycles. The Bertz CT molecular complexity index is 1160. The first-order valence-corrected chi connectivity index (χ1v) is 8.71. The van der Waals surface area contributed by atoms with E-state index in [1.807, 2.05) is 24.3 Å². The van der Waals surface area contributed by atoms with Crippen LogP contribution in [0.4, 0.5) is 4.39 Å². The minimum atomic E-state index is -0.433. The van der Waals surface area contributed by atoms with E-state index < -0.39 is 11.8 Å². The number of fused-ring (bicyclic) bond motifs is 2. The Morgan fingerprint density at radius 2 is 1.81 bits per heavy atom. The Balaban J connectivity index is 1.54. The summed E-state index contributed by atoms with van der Waals surface area (Å²) >= 11 is 1.26. The first kappa shape index (κ1) is 16.3. The van der Waals surface area contributed by atoms with E-state index >= 15 is 0 Å². The van der Waals surface area contributed by atoms with E-state index in [0.717, 1.165) is 15.6 Å². The number of carbonyl (C=O) groups excluding carboxylic acids is 2. The highest BCUT2D eigenvalue weighted by molar-refractivity contribution is 7.21. The molecule has 0 aliphatic carbocycles. The van der Waals surface area contributed by atoms with E-state index in [2.05, 4.69) is 15.8 Å². The molecule has 4 aromatic rings. The average Bonchev–Trinajstić information content (AvgIpc) is 3.21. The normalized spacial score (nSPS) is 11.0. The van der Waals surface area contributed by atoms with E-state index in [-0.39, 0.29) is 5.82 Å². The molecule has 3 N–H and O–H groups in total. The van der Waals surface area contributed by atoms with Crippen molar-refractivity contribution in [2.24, 2.45) is 0 Å². The van der Waals surface area contributed by atoms with Gasteiger partial charge in [-0.1, -0.05) is 18.2 Å². The van der Waals surface area contributed by atoms with Gasteiger partial charge in [-0.3, -0.25) is 20.4 Å². The zero-order valence-corrected chi connectivity index (χ0v) is 14.5. The number of amides is 2. The molecule has 0 bridgehead atoms. The third-order valence-corrected chi connectivity index (χ3v) is 5.50. The van der Waals surface area contributed by atoms with Crippen molar-refractivity contribution < 1.29 is 14.0 Å². The lowest BCUT2D eigenvalue weighted by molar-refractivity contribution is 0.0849. The predicted molar refractivity (Wildman–Crippen MR) is 99.8 cm³/mol. The maximum absolute atomic E-state index is 13.4. The fraction of sp³-hybridized carbons (Fsp3) is 0.0526. The highest BCUT2D eigenvalue weighted by atomic mass is 32.1. The van der Waals surface area contributed by atoms with E-state index in [1.165, 1.54) is 23.5 Å². The minimum Gasteiger partial charge on any atom is -0.360 e. The van der Waals surface area contributed by atoms with Gasteiger partial charge >= 0.3 is 0 Å². The average molecular weight is 367 g/mol. The lowest BCUT2D eigenvalue weighted by Gasteiger charge is -2.06. The number of rotatable bonds is 2. The van der Waals surface area contributed by atoms with Crippen molar-refractivity contribution in [1.29, 1.82) is 0 Å². The van der Waals surface area contributed by atoms with Crippen LogP contribution in [0.1, 0.15) is 25.6 Å². The fourth-order valence-electron chi connectivity index (χ4n) is 2.91. The van der Waals surface area contributed by atoms with Gasteiger partial charge in [0.1, 0.15) is 5.82 Å². The van der Waals surface area contributed by atoms with Gasteiger partial charge < -0.3 is 4.98 Å². The number of halogens is 1. The van der Waals surface area contributed by atoms with Crippen LogP contribution in [0.5, 0.6) is 0 Å². The van der Waals surface area contributed by atoms with E-state index in [9.17, 15) is 14.0 Å². The highest BCUT2D eigenvalue weighted by Gasteiger charge is 2.18. The summed E-state index contributed by atoms with van der Waals surface area (Å²) in [6, 6.07) is 11.8. The lowest BCUT2D eigenvalue weighted by atomic mass is 10.1. The molecule has 0 radical (unpaired) electrons. The number of aromatic amines is 1. The van der Waals surface area contributed by atoms with Crippen LogP contribution in [0.15, 0.2) is 48.7 Å². The van der Waals surface area contributed by atoms with Crippen LogP contribution < -0.4 is 10.9 Å². The van der Waals surface area contributed by atoms with Crippen LogP contribution in [0.2, 0.25) is 0 Å². The zero-order chi connectivity index (χ0) is 18.3. The summed E-state index contributed by atoms with van der Waals surface area (Å²) in [6.07, 6.45) is 1.60. The summed E-state index contributed by atoms with van der Waals surface area (Å²) in [5.74, 6) is -1.20. The summed E-state index contributed by atoms with van der Waals surface area (Å²) in [5.41, 5.74) is 6.83. The van der Waals surface area contributed by atoms with Crippen molar-refractivity contribution in [1.82, 2.24) is 15.8 Å². The Morgan fingerprint density at radius 1 is 1.04 bits per heavy atom. The molecule has 130 valence electrons. The van der Waals surface area contributed by atoms with Crippen LogP contribution in [0.3, 0.4) is 0 Å². The molecule has 0 spiro atoms. The molecule has 0 fully saturated rings. The lowest BCUT2D eigenvalue weighted by Crippen LogP contribution is -2.41. The highest BCUT2D eigenvalue weighted by Crippen LogP contribution is 2.31. The molecule has 0 unspecified atom stereocenters. The Labute approximate surface area is 151 Å². The molecule has 2 aromatic carbocycles. The maximum Gasteiger partial charge on any atom is 0.280 e. The van der Waals surface area contributed by atoms with Gasteiger partial charge in [0.05, 0.1) is 10.4 Å². The molecule has 2 heterocycles. The summed E-state index contributed by atoms with van der Waals surface area (Å²) in [5, 5.41) is 1.47. The number of para-hydroxylation sites is 1. The molecular weight excluding hydrogens is 353 g/mol. The molecule has 7 heteroatoms. The summed E-state index contributed by atoms with van der Waals surface area (Å²) < 4.78 is 14.2. The molecule has 0 saturated carbocycles. The van der Waals surface area contributed by atoms with Gasteiger partial charge in [0, 0.05) is 21.8 Å². The van der Waals surface area contributed by atoms with Crippen molar-refractivity contribution >= 4 is 44.1 Å². The van der Waals surface area contributed by atoms with Gasteiger partial charge in [0.25, 0.3) is 11.8 Å². The second kappa shape index (κ2) is 6.27. The van der Waals surface area contributed by atoms with E-state index in [4.69, 9.17) is 0 Å². The number of hydrogen-bond acceptors (Lipinski definition) is 3. The van der Waals surface area contributed by atoms with Crippen molar-refractivity contribution in [3.05, 3.63) is 70.5 Å². The second-order valence-corrected chi connectivity index (χ2v) is 6.91. The zero-order valence-electron chi connectivity index (χ0n) is 13.7. The second-order valence-electron chi connectivity index (χ2n) is 5.85. The molecular formula is C19H14FN3O2S. The van der Waals surface area contributed by atoms with Gasteiger partial charge in [-0.05, 0) is 42.1 Å². The molecule has 0 aliphatic rings. The van der Waals surface area contributed by atoms with Gasteiger partial charge in [-0.25, -0.2) is 4.39 Å². The van der Waals surface area contributed by atoms with Crippen LogP contribution in [-0.2, 0) is 0 Å². The smallest absolute Gasteiger partial charge is 0.280 e. The number of benzene rings is 2. The number of aryl methyl sites for hydroxylation is 1. The SMILES string of the molecule is Cc1c(C(=O)NNC(=O)c2c[nH]c3ccccc23)sc2ccc(F)cc12. The number of carbonyl (C=O) groups is 2. The fourth-order valence-corrected chi connectivity index (χ4v) is 3.99. The van der Waals surface area contributed by atoms with Crippen molar-refractivity contribution in [3.8, 4) is 0 Å². The van der Waals surface area contributed by atoms with E-state index in [1.54, 1.807) is 19.2 Å². The molecule has 2 amide bonds. The number of aromatic nitrogens is 1. The largest absolute Gasteiger partial charge is 0.360 e. The number of thiophene rings is 1.